The minimum atomic E-state index is 0.546. The fourth-order valence-electron chi connectivity index (χ4n) is 3.11. The van der Waals surface area contributed by atoms with Crippen LogP contribution in [-0.2, 0) is 0 Å². The van der Waals surface area contributed by atoms with Gasteiger partial charge in [0.2, 0.25) is 0 Å². The summed E-state index contributed by atoms with van der Waals surface area (Å²) in [6.45, 7) is 7.24. The normalized spacial score (nSPS) is 31.6. The first-order valence-corrected chi connectivity index (χ1v) is 6.53. The van der Waals surface area contributed by atoms with Gasteiger partial charge in [-0.05, 0) is 58.9 Å². The third-order valence-electron chi connectivity index (χ3n) is 3.40. The highest BCUT2D eigenvalue weighted by atomic mass is 32.1. The fourth-order valence-corrected chi connectivity index (χ4v) is 3.85. The molecule has 2 unspecified atom stereocenters. The summed E-state index contributed by atoms with van der Waals surface area (Å²) in [4.78, 5) is 0. The minimum Gasteiger partial charge on any atom is -0.152 e. The van der Waals surface area contributed by atoms with Crippen molar-refractivity contribution in [1.29, 1.82) is 0 Å². The van der Waals surface area contributed by atoms with Gasteiger partial charge in [-0.1, -0.05) is 20.8 Å². The topological polar surface area (TPSA) is 0 Å². The van der Waals surface area contributed by atoms with E-state index in [1.165, 1.54) is 19.3 Å². The highest BCUT2D eigenvalue weighted by molar-refractivity contribution is 7.07. The molecule has 78 valence electrons. The van der Waals surface area contributed by atoms with Gasteiger partial charge in [0.05, 0.1) is 0 Å². The Labute approximate surface area is 91.4 Å². The van der Waals surface area contributed by atoms with Crippen molar-refractivity contribution in [3.8, 4) is 0 Å². The van der Waals surface area contributed by atoms with Crippen LogP contribution >= 0.6 is 11.3 Å². The zero-order valence-corrected chi connectivity index (χ0v) is 10.2. The standard InChI is InChI=1S/C13H20S/c1-10-6-12(8-13(2,3)7-10)11-4-5-14-9-11/h4-5,9-10,12H,6-8H2,1-3H3. The first kappa shape index (κ1) is 10.2. The first-order chi connectivity index (χ1) is 6.57. The summed E-state index contributed by atoms with van der Waals surface area (Å²) >= 11 is 1.83. The Morgan fingerprint density at radius 1 is 1.36 bits per heavy atom. The maximum absolute atomic E-state index is 2.42. The van der Waals surface area contributed by atoms with E-state index < -0.39 is 0 Å². The maximum Gasteiger partial charge on any atom is -0.00584 e. The molecule has 0 saturated heterocycles. The molecule has 0 spiro atoms. The second-order valence-electron chi connectivity index (χ2n) is 5.67. The summed E-state index contributed by atoms with van der Waals surface area (Å²) in [5, 5.41) is 4.54. The summed E-state index contributed by atoms with van der Waals surface area (Å²) in [7, 11) is 0. The van der Waals surface area contributed by atoms with Crippen LogP contribution in [0.1, 0.15) is 51.5 Å². The SMILES string of the molecule is CC1CC(c2ccsc2)CC(C)(C)C1. The second-order valence-corrected chi connectivity index (χ2v) is 6.45. The Balaban J connectivity index is 2.14. The zero-order valence-electron chi connectivity index (χ0n) is 9.42. The predicted octanol–water partition coefficient (Wildman–Crippen LogP) is 4.68. The molecule has 1 saturated carbocycles. The van der Waals surface area contributed by atoms with E-state index in [1.807, 2.05) is 11.3 Å². The molecule has 2 atom stereocenters. The molecule has 0 bridgehead atoms. The van der Waals surface area contributed by atoms with E-state index in [0.29, 0.717) is 5.41 Å². The molecule has 1 aromatic heterocycles. The van der Waals surface area contributed by atoms with E-state index in [0.717, 1.165) is 11.8 Å². The molecule has 1 aromatic rings. The van der Waals surface area contributed by atoms with E-state index >= 15 is 0 Å². The molecular weight excluding hydrogens is 188 g/mol. The molecule has 1 aliphatic rings. The van der Waals surface area contributed by atoms with Crippen molar-refractivity contribution in [3.63, 3.8) is 0 Å². The van der Waals surface area contributed by atoms with Crippen LogP contribution < -0.4 is 0 Å². The quantitative estimate of drug-likeness (QED) is 0.628. The van der Waals surface area contributed by atoms with Gasteiger partial charge in [-0.2, -0.15) is 11.3 Å². The van der Waals surface area contributed by atoms with Gasteiger partial charge in [0.25, 0.3) is 0 Å². The van der Waals surface area contributed by atoms with Gasteiger partial charge < -0.3 is 0 Å². The lowest BCUT2D eigenvalue weighted by molar-refractivity contribution is 0.168. The summed E-state index contributed by atoms with van der Waals surface area (Å²) in [5.74, 6) is 1.71. The molecule has 0 nitrogen and oxygen atoms in total. The van der Waals surface area contributed by atoms with Crippen LogP contribution in [-0.4, -0.2) is 0 Å². The Morgan fingerprint density at radius 2 is 2.14 bits per heavy atom. The van der Waals surface area contributed by atoms with Gasteiger partial charge >= 0.3 is 0 Å². The van der Waals surface area contributed by atoms with Crippen molar-refractivity contribution in [1.82, 2.24) is 0 Å². The number of hydrogen-bond donors (Lipinski definition) is 0. The van der Waals surface area contributed by atoms with Gasteiger partial charge in [0.15, 0.2) is 0 Å². The second kappa shape index (κ2) is 3.69. The van der Waals surface area contributed by atoms with Gasteiger partial charge in [0, 0.05) is 0 Å². The van der Waals surface area contributed by atoms with Crippen molar-refractivity contribution in [3.05, 3.63) is 22.4 Å². The summed E-state index contributed by atoms with van der Waals surface area (Å²) in [5.41, 5.74) is 2.12. The minimum absolute atomic E-state index is 0.546. The molecule has 14 heavy (non-hydrogen) atoms. The lowest BCUT2D eigenvalue weighted by atomic mass is 9.67. The van der Waals surface area contributed by atoms with Gasteiger partial charge in [-0.3, -0.25) is 0 Å². The molecule has 0 amide bonds. The molecule has 1 aliphatic carbocycles. The van der Waals surface area contributed by atoms with Crippen LogP contribution in [0.2, 0.25) is 0 Å². The van der Waals surface area contributed by atoms with E-state index in [-0.39, 0.29) is 0 Å². The fraction of sp³-hybridized carbons (Fsp3) is 0.692. The van der Waals surface area contributed by atoms with Crippen LogP contribution in [0, 0.1) is 11.3 Å². The van der Waals surface area contributed by atoms with Crippen LogP contribution in [0.15, 0.2) is 16.8 Å². The third kappa shape index (κ3) is 2.20. The van der Waals surface area contributed by atoms with Crippen LogP contribution in [0.25, 0.3) is 0 Å². The molecule has 0 aromatic carbocycles. The van der Waals surface area contributed by atoms with Crippen LogP contribution in [0.3, 0.4) is 0 Å². The van der Waals surface area contributed by atoms with Gasteiger partial charge in [-0.25, -0.2) is 0 Å². The summed E-state index contributed by atoms with van der Waals surface area (Å²) < 4.78 is 0. The van der Waals surface area contributed by atoms with Crippen molar-refractivity contribution < 1.29 is 0 Å². The monoisotopic (exact) mass is 208 g/mol. The van der Waals surface area contributed by atoms with Gasteiger partial charge in [-0.15, -0.1) is 0 Å². The molecule has 0 aliphatic heterocycles. The maximum atomic E-state index is 2.42. The zero-order chi connectivity index (χ0) is 10.2. The average molecular weight is 208 g/mol. The molecular formula is C13H20S. The third-order valence-corrected chi connectivity index (χ3v) is 4.10. The lowest BCUT2D eigenvalue weighted by Gasteiger charge is -2.38. The van der Waals surface area contributed by atoms with Crippen molar-refractivity contribution in [2.75, 3.05) is 0 Å². The smallest absolute Gasteiger partial charge is 0.00584 e. The lowest BCUT2D eigenvalue weighted by Crippen LogP contribution is -2.26. The Bertz CT molecular complexity index is 284. The van der Waals surface area contributed by atoms with E-state index in [9.17, 15) is 0 Å². The average Bonchev–Trinajstić information content (AvgIpc) is 2.51. The Hall–Kier alpha value is -0.300. The molecule has 0 N–H and O–H groups in total. The van der Waals surface area contributed by atoms with E-state index in [4.69, 9.17) is 0 Å². The van der Waals surface area contributed by atoms with E-state index in [2.05, 4.69) is 37.6 Å². The van der Waals surface area contributed by atoms with Crippen molar-refractivity contribution in [2.24, 2.45) is 11.3 Å². The predicted molar refractivity (Wildman–Crippen MR) is 63.9 cm³/mol. The molecule has 1 heterocycles. The molecule has 2 rings (SSSR count). The van der Waals surface area contributed by atoms with Gasteiger partial charge in [0.1, 0.15) is 0 Å². The number of hydrogen-bond acceptors (Lipinski definition) is 1. The summed E-state index contributed by atoms with van der Waals surface area (Å²) in [6, 6.07) is 2.31. The van der Waals surface area contributed by atoms with Crippen molar-refractivity contribution >= 4 is 11.3 Å². The first-order valence-electron chi connectivity index (χ1n) is 5.59. The van der Waals surface area contributed by atoms with Crippen molar-refractivity contribution in [2.45, 2.75) is 46.0 Å². The highest BCUT2D eigenvalue weighted by Crippen LogP contribution is 2.46. The Kier molecular flexibility index (Phi) is 2.70. The number of rotatable bonds is 1. The molecule has 1 fully saturated rings. The summed E-state index contributed by atoms with van der Waals surface area (Å²) in [6.07, 6.45) is 4.15. The number of thiophene rings is 1. The largest absolute Gasteiger partial charge is 0.152 e. The van der Waals surface area contributed by atoms with Crippen LogP contribution in [0.4, 0.5) is 0 Å². The highest BCUT2D eigenvalue weighted by Gasteiger charge is 2.32. The molecule has 0 radical (unpaired) electrons. The van der Waals surface area contributed by atoms with E-state index in [1.54, 1.807) is 5.56 Å². The Morgan fingerprint density at radius 3 is 2.71 bits per heavy atom. The molecule has 1 heteroatoms. The van der Waals surface area contributed by atoms with Crippen LogP contribution in [0.5, 0.6) is 0 Å².